The molecule has 1 aliphatic heterocycles. The van der Waals surface area contributed by atoms with Crippen molar-refractivity contribution in [1.82, 2.24) is 9.55 Å². The Kier molecular flexibility index (Phi) is 6.15. The number of H-pyrrole nitrogens is 1. The molecule has 1 fully saturated rings. The number of nitrogens with zero attached hydrogens (tertiary/aromatic N) is 1. The average molecular weight is 376 g/mol. The third-order valence-electron chi connectivity index (χ3n) is 3.52. The van der Waals surface area contributed by atoms with Crippen molar-refractivity contribution in [1.29, 1.82) is 0 Å². The second-order valence-corrected chi connectivity index (χ2v) is 7.27. The van der Waals surface area contributed by atoms with Crippen molar-refractivity contribution in [3.63, 3.8) is 0 Å². The summed E-state index contributed by atoms with van der Waals surface area (Å²) in [6.45, 7) is 3.58. The highest BCUT2D eigenvalue weighted by molar-refractivity contribution is 7.55. The fourth-order valence-electron chi connectivity index (χ4n) is 2.59. The summed E-state index contributed by atoms with van der Waals surface area (Å²) in [5, 5.41) is 0. The Bertz CT molecular complexity index is 780. The molecule has 25 heavy (non-hydrogen) atoms. The summed E-state index contributed by atoms with van der Waals surface area (Å²) in [5.74, 6) is 0.721. The summed E-state index contributed by atoms with van der Waals surface area (Å²) in [7, 11) is -2.98. The van der Waals surface area contributed by atoms with Crippen LogP contribution in [0.5, 0.6) is 0 Å². The molecule has 0 aromatic carbocycles. The van der Waals surface area contributed by atoms with Crippen LogP contribution in [0.4, 0.5) is 0 Å². The van der Waals surface area contributed by atoms with Gasteiger partial charge in [-0.2, -0.15) is 0 Å². The van der Waals surface area contributed by atoms with E-state index in [0.717, 1.165) is 16.5 Å². The standard InChI is InChI=1S/C14H21N2O8P/c1-8(2)23-11-9(5-7-25(19,20)21)24-13(12(11)22-3)16-6-4-10(17)15-14(16)18/h4-9,11-13H,1-3H3,(H,15,17,18)(H2,19,20,21)/b7-5+. The fourth-order valence-corrected chi connectivity index (χ4v) is 2.98. The van der Waals surface area contributed by atoms with Gasteiger partial charge >= 0.3 is 13.3 Å². The molecular formula is C14H21N2O8P. The number of ether oxygens (including phenoxy) is 3. The van der Waals surface area contributed by atoms with Gasteiger partial charge < -0.3 is 24.0 Å². The highest BCUT2D eigenvalue weighted by atomic mass is 31.2. The number of aromatic nitrogens is 2. The van der Waals surface area contributed by atoms with Crippen molar-refractivity contribution in [2.24, 2.45) is 0 Å². The number of hydrogen-bond donors (Lipinski definition) is 3. The lowest BCUT2D eigenvalue weighted by atomic mass is 10.1. The zero-order valence-electron chi connectivity index (χ0n) is 13.9. The summed E-state index contributed by atoms with van der Waals surface area (Å²) in [4.78, 5) is 43.4. The minimum atomic E-state index is -4.39. The lowest BCUT2D eigenvalue weighted by molar-refractivity contribution is -0.0768. The third kappa shape index (κ3) is 4.97. The van der Waals surface area contributed by atoms with E-state index in [1.54, 1.807) is 13.8 Å². The molecule has 4 unspecified atom stereocenters. The second kappa shape index (κ2) is 7.77. The summed E-state index contributed by atoms with van der Waals surface area (Å²) >= 11 is 0. The van der Waals surface area contributed by atoms with Crippen molar-refractivity contribution in [2.45, 2.75) is 44.5 Å². The Morgan fingerprint density at radius 3 is 2.56 bits per heavy atom. The second-order valence-electron chi connectivity index (χ2n) is 5.79. The first kappa shape index (κ1) is 19.8. The van der Waals surface area contributed by atoms with Crippen LogP contribution in [0.25, 0.3) is 0 Å². The molecule has 1 aliphatic rings. The summed E-state index contributed by atoms with van der Waals surface area (Å²) in [5.41, 5.74) is -1.25. The first-order valence-corrected chi connectivity index (χ1v) is 9.20. The van der Waals surface area contributed by atoms with Gasteiger partial charge in [-0.05, 0) is 19.9 Å². The maximum atomic E-state index is 12.0. The van der Waals surface area contributed by atoms with Crippen LogP contribution < -0.4 is 11.2 Å². The third-order valence-corrected chi connectivity index (χ3v) is 4.08. The topological polar surface area (TPSA) is 140 Å². The fraction of sp³-hybridized carbons (Fsp3) is 0.571. The quantitative estimate of drug-likeness (QED) is 0.586. The average Bonchev–Trinajstić information content (AvgIpc) is 2.81. The molecular weight excluding hydrogens is 355 g/mol. The van der Waals surface area contributed by atoms with Gasteiger partial charge in [0.25, 0.3) is 5.56 Å². The van der Waals surface area contributed by atoms with Crippen LogP contribution in [0.2, 0.25) is 0 Å². The Hall–Kier alpha value is -1.55. The molecule has 0 radical (unpaired) electrons. The molecule has 2 rings (SSSR count). The Morgan fingerprint density at radius 1 is 1.36 bits per heavy atom. The SMILES string of the molecule is COC1C(OC(C)C)C(/C=C/P(=O)(O)O)OC1n1ccc(=O)[nH]c1=O. The van der Waals surface area contributed by atoms with Gasteiger partial charge in [0, 0.05) is 25.2 Å². The van der Waals surface area contributed by atoms with E-state index in [1.807, 2.05) is 0 Å². The van der Waals surface area contributed by atoms with E-state index in [4.69, 9.17) is 24.0 Å². The lowest BCUT2D eigenvalue weighted by Gasteiger charge is -2.24. The van der Waals surface area contributed by atoms with Crippen LogP contribution in [0.3, 0.4) is 0 Å². The van der Waals surface area contributed by atoms with E-state index in [9.17, 15) is 14.2 Å². The number of hydrogen-bond acceptors (Lipinski definition) is 6. The largest absolute Gasteiger partial charge is 0.374 e. The first-order chi connectivity index (χ1) is 11.6. The molecule has 11 heteroatoms. The van der Waals surface area contributed by atoms with Crippen molar-refractivity contribution in [2.75, 3.05) is 7.11 Å². The van der Waals surface area contributed by atoms with Crippen LogP contribution in [0.15, 0.2) is 33.7 Å². The number of rotatable bonds is 6. The van der Waals surface area contributed by atoms with Crippen LogP contribution in [0, 0.1) is 0 Å². The first-order valence-electron chi connectivity index (χ1n) is 7.52. The smallest absolute Gasteiger partial charge is 0.348 e. The van der Waals surface area contributed by atoms with E-state index in [2.05, 4.69) is 4.98 Å². The minimum absolute atomic E-state index is 0.219. The van der Waals surface area contributed by atoms with Crippen LogP contribution in [-0.2, 0) is 18.8 Å². The highest BCUT2D eigenvalue weighted by Gasteiger charge is 2.46. The number of aromatic amines is 1. The van der Waals surface area contributed by atoms with Crippen molar-refractivity contribution >= 4 is 7.60 Å². The van der Waals surface area contributed by atoms with Gasteiger partial charge in [-0.25, -0.2) is 4.79 Å². The molecule has 1 aromatic rings. The number of nitrogens with one attached hydrogen (secondary N) is 1. The molecule has 140 valence electrons. The summed E-state index contributed by atoms with van der Waals surface area (Å²) in [6, 6.07) is 1.16. The van der Waals surface area contributed by atoms with Crippen LogP contribution >= 0.6 is 7.60 Å². The highest BCUT2D eigenvalue weighted by Crippen LogP contribution is 2.39. The monoisotopic (exact) mass is 376 g/mol. The molecule has 0 amide bonds. The van der Waals surface area contributed by atoms with Gasteiger partial charge in [-0.3, -0.25) is 18.9 Å². The Labute approximate surface area is 143 Å². The van der Waals surface area contributed by atoms with E-state index < -0.39 is 43.4 Å². The van der Waals surface area contributed by atoms with E-state index in [0.29, 0.717) is 0 Å². The van der Waals surface area contributed by atoms with Gasteiger partial charge in [0.05, 0.1) is 6.10 Å². The predicted molar refractivity (Wildman–Crippen MR) is 87.2 cm³/mol. The molecule has 1 saturated heterocycles. The minimum Gasteiger partial charge on any atom is -0.374 e. The van der Waals surface area contributed by atoms with Gasteiger partial charge in [0.2, 0.25) is 0 Å². The normalized spacial score (nSPS) is 27.4. The van der Waals surface area contributed by atoms with E-state index >= 15 is 0 Å². The zero-order valence-corrected chi connectivity index (χ0v) is 14.8. The maximum Gasteiger partial charge on any atom is 0.348 e. The summed E-state index contributed by atoms with van der Waals surface area (Å²) < 4.78 is 29.1. The van der Waals surface area contributed by atoms with Crippen LogP contribution in [0.1, 0.15) is 20.1 Å². The Balaban J connectivity index is 2.41. The van der Waals surface area contributed by atoms with Crippen LogP contribution in [-0.4, -0.2) is 50.9 Å². The van der Waals surface area contributed by atoms with Crippen molar-refractivity contribution < 1.29 is 28.6 Å². The molecule has 10 nitrogen and oxygen atoms in total. The zero-order chi connectivity index (χ0) is 18.8. The predicted octanol–water partition coefficient (Wildman–Crippen LogP) is -0.0660. The van der Waals surface area contributed by atoms with E-state index in [1.165, 1.54) is 19.4 Å². The van der Waals surface area contributed by atoms with Gasteiger partial charge in [0.15, 0.2) is 6.23 Å². The molecule has 0 spiro atoms. The maximum absolute atomic E-state index is 12.0. The van der Waals surface area contributed by atoms with Gasteiger partial charge in [0.1, 0.15) is 18.3 Å². The number of methoxy groups -OCH3 is 1. The van der Waals surface area contributed by atoms with Gasteiger partial charge in [-0.1, -0.05) is 0 Å². The summed E-state index contributed by atoms with van der Waals surface area (Å²) in [6.07, 6.45) is -1.01. The molecule has 0 bridgehead atoms. The molecule has 2 heterocycles. The van der Waals surface area contributed by atoms with E-state index in [-0.39, 0.29) is 6.10 Å². The molecule has 0 aliphatic carbocycles. The molecule has 3 N–H and O–H groups in total. The molecule has 4 atom stereocenters. The molecule has 1 aromatic heterocycles. The lowest BCUT2D eigenvalue weighted by Crippen LogP contribution is -2.40. The van der Waals surface area contributed by atoms with Crippen molar-refractivity contribution in [3.05, 3.63) is 45.0 Å². The Morgan fingerprint density at radius 2 is 2.04 bits per heavy atom. The van der Waals surface area contributed by atoms with Gasteiger partial charge in [-0.15, -0.1) is 0 Å². The van der Waals surface area contributed by atoms with Crippen molar-refractivity contribution in [3.8, 4) is 0 Å². The molecule has 0 saturated carbocycles.